The topological polar surface area (TPSA) is 51.1 Å². The number of ether oxygens (including phenoxy) is 2. The van der Waals surface area contributed by atoms with Crippen molar-refractivity contribution >= 4 is 23.0 Å². The summed E-state index contributed by atoms with van der Waals surface area (Å²) < 4.78 is 10.7. The van der Waals surface area contributed by atoms with Gasteiger partial charge in [-0.05, 0) is 23.6 Å². The Morgan fingerprint density at radius 2 is 2.13 bits per heavy atom. The van der Waals surface area contributed by atoms with Crippen LogP contribution in [0, 0.1) is 0 Å². The number of nitrogens with zero attached hydrogens (tertiary/aromatic N) is 2. The van der Waals surface area contributed by atoms with Crippen molar-refractivity contribution in [2.24, 2.45) is 5.10 Å². The van der Waals surface area contributed by atoms with E-state index < -0.39 is 0 Å². The summed E-state index contributed by atoms with van der Waals surface area (Å²) in [7, 11) is 3.24. The predicted octanol–water partition coefficient (Wildman–Crippen LogP) is 3.46. The number of thiophene rings is 1. The molecule has 3 rings (SSSR count). The van der Waals surface area contributed by atoms with Gasteiger partial charge in [0, 0.05) is 29.9 Å². The van der Waals surface area contributed by atoms with Crippen LogP contribution >= 0.6 is 11.3 Å². The van der Waals surface area contributed by atoms with Crippen molar-refractivity contribution in [1.29, 1.82) is 0 Å². The molecule has 5 nitrogen and oxygen atoms in total. The molecule has 2 aromatic rings. The van der Waals surface area contributed by atoms with E-state index in [9.17, 15) is 4.79 Å². The smallest absolute Gasteiger partial charge is 0.240 e. The second-order valence-corrected chi connectivity index (χ2v) is 6.19. The van der Waals surface area contributed by atoms with Gasteiger partial charge >= 0.3 is 0 Å². The first-order valence-electron chi connectivity index (χ1n) is 7.27. The lowest BCUT2D eigenvalue weighted by Crippen LogP contribution is -2.23. The molecule has 6 heteroatoms. The SMILES string of the molecule is COc1ccc(C2=NN(C(C)=O)[C@H](c3cccs3)C2)c(OC)c1. The fourth-order valence-electron chi connectivity index (χ4n) is 2.70. The highest BCUT2D eigenvalue weighted by Crippen LogP contribution is 2.37. The average molecular weight is 330 g/mol. The second-order valence-electron chi connectivity index (χ2n) is 5.21. The minimum absolute atomic E-state index is 0.0469. The largest absolute Gasteiger partial charge is 0.497 e. The molecule has 0 saturated heterocycles. The van der Waals surface area contributed by atoms with E-state index in [0.717, 1.165) is 21.9 Å². The first kappa shape index (κ1) is 15.6. The summed E-state index contributed by atoms with van der Waals surface area (Å²) in [6.45, 7) is 1.54. The Kier molecular flexibility index (Phi) is 4.34. The fraction of sp³-hybridized carbons (Fsp3) is 0.294. The molecule has 0 fully saturated rings. The number of carbonyl (C=O) groups excluding carboxylic acids is 1. The van der Waals surface area contributed by atoms with Crippen molar-refractivity contribution in [1.82, 2.24) is 5.01 Å². The number of methoxy groups -OCH3 is 2. The van der Waals surface area contributed by atoms with Crippen molar-refractivity contribution in [3.05, 3.63) is 46.2 Å². The third-order valence-corrected chi connectivity index (χ3v) is 4.80. The summed E-state index contributed by atoms with van der Waals surface area (Å²) in [6.07, 6.45) is 0.669. The van der Waals surface area contributed by atoms with Crippen molar-refractivity contribution in [3.63, 3.8) is 0 Å². The molecule has 0 saturated carbocycles. The number of hydrogen-bond donors (Lipinski definition) is 0. The third-order valence-electron chi connectivity index (χ3n) is 3.82. The molecule has 1 atom stereocenters. The molecule has 0 bridgehead atoms. The number of benzene rings is 1. The fourth-order valence-corrected chi connectivity index (χ4v) is 3.51. The number of rotatable bonds is 4. The number of carbonyl (C=O) groups is 1. The maximum atomic E-state index is 12.0. The summed E-state index contributed by atoms with van der Waals surface area (Å²) in [6, 6.07) is 9.60. The van der Waals surface area contributed by atoms with Crippen LogP contribution in [0.15, 0.2) is 40.8 Å². The minimum Gasteiger partial charge on any atom is -0.497 e. The van der Waals surface area contributed by atoms with Crippen LogP contribution in [0.1, 0.15) is 29.8 Å². The van der Waals surface area contributed by atoms with E-state index in [1.807, 2.05) is 35.7 Å². The van der Waals surface area contributed by atoms with Crippen LogP contribution < -0.4 is 9.47 Å². The van der Waals surface area contributed by atoms with Crippen LogP contribution in [0.3, 0.4) is 0 Å². The van der Waals surface area contributed by atoms with E-state index in [2.05, 4.69) is 5.10 Å². The standard InChI is InChI=1S/C17H18N2O3S/c1-11(20)19-15(17-5-4-8-23-17)10-14(18-19)13-7-6-12(21-2)9-16(13)22-3/h4-9,15H,10H2,1-3H3/t15-/m0/s1. The predicted molar refractivity (Wildman–Crippen MR) is 90.3 cm³/mol. The zero-order valence-corrected chi connectivity index (χ0v) is 14.1. The number of amides is 1. The Morgan fingerprint density at radius 3 is 2.74 bits per heavy atom. The van der Waals surface area contributed by atoms with Crippen LogP contribution in [-0.4, -0.2) is 30.8 Å². The normalized spacial score (nSPS) is 17.1. The van der Waals surface area contributed by atoms with Gasteiger partial charge in [0.25, 0.3) is 0 Å². The van der Waals surface area contributed by atoms with Crippen LogP contribution in [-0.2, 0) is 4.79 Å². The zero-order valence-electron chi connectivity index (χ0n) is 13.3. The second kappa shape index (κ2) is 6.42. The molecule has 0 aliphatic carbocycles. The van der Waals surface area contributed by atoms with Gasteiger partial charge < -0.3 is 9.47 Å². The third kappa shape index (κ3) is 2.94. The van der Waals surface area contributed by atoms with E-state index in [0.29, 0.717) is 12.2 Å². The van der Waals surface area contributed by atoms with Gasteiger partial charge in [-0.3, -0.25) is 4.79 Å². The van der Waals surface area contributed by atoms with Crippen LogP contribution in [0.25, 0.3) is 0 Å². The maximum absolute atomic E-state index is 12.0. The number of hydrazone groups is 1. The molecule has 23 heavy (non-hydrogen) atoms. The minimum atomic E-state index is -0.0640. The van der Waals surface area contributed by atoms with E-state index >= 15 is 0 Å². The Morgan fingerprint density at radius 1 is 1.30 bits per heavy atom. The molecule has 2 heterocycles. The van der Waals surface area contributed by atoms with E-state index in [-0.39, 0.29) is 11.9 Å². The molecular weight excluding hydrogens is 312 g/mol. The highest BCUT2D eigenvalue weighted by molar-refractivity contribution is 7.10. The first-order valence-corrected chi connectivity index (χ1v) is 8.15. The van der Waals surface area contributed by atoms with Crippen molar-refractivity contribution in [2.45, 2.75) is 19.4 Å². The lowest BCUT2D eigenvalue weighted by atomic mass is 10.0. The molecule has 1 aromatic heterocycles. The zero-order chi connectivity index (χ0) is 16.4. The highest BCUT2D eigenvalue weighted by atomic mass is 32.1. The van der Waals surface area contributed by atoms with Crippen molar-refractivity contribution in [3.8, 4) is 11.5 Å². The van der Waals surface area contributed by atoms with Gasteiger partial charge in [-0.25, -0.2) is 5.01 Å². The van der Waals surface area contributed by atoms with Gasteiger partial charge in [0.2, 0.25) is 5.91 Å². The van der Waals surface area contributed by atoms with Crippen LogP contribution in [0.2, 0.25) is 0 Å². The van der Waals surface area contributed by atoms with Gasteiger partial charge in [0.1, 0.15) is 11.5 Å². The summed E-state index contributed by atoms with van der Waals surface area (Å²) in [5.74, 6) is 1.35. The summed E-state index contributed by atoms with van der Waals surface area (Å²) in [4.78, 5) is 13.1. The Bertz CT molecular complexity index is 740. The number of hydrogen-bond acceptors (Lipinski definition) is 5. The van der Waals surface area contributed by atoms with E-state index in [1.54, 1.807) is 30.6 Å². The van der Waals surface area contributed by atoms with E-state index in [1.165, 1.54) is 6.92 Å². The molecule has 0 spiro atoms. The molecule has 1 amide bonds. The van der Waals surface area contributed by atoms with Crippen molar-refractivity contribution < 1.29 is 14.3 Å². The molecule has 0 N–H and O–H groups in total. The Balaban J connectivity index is 1.97. The lowest BCUT2D eigenvalue weighted by molar-refractivity contribution is -0.130. The monoisotopic (exact) mass is 330 g/mol. The van der Waals surface area contributed by atoms with Crippen LogP contribution in [0.5, 0.6) is 11.5 Å². The van der Waals surface area contributed by atoms with Gasteiger partial charge in [-0.2, -0.15) is 5.10 Å². The summed E-state index contributed by atoms with van der Waals surface area (Å²) >= 11 is 1.64. The molecule has 1 aliphatic rings. The quantitative estimate of drug-likeness (QED) is 0.862. The highest BCUT2D eigenvalue weighted by Gasteiger charge is 2.33. The molecule has 0 unspecified atom stereocenters. The Labute approximate surface area is 139 Å². The maximum Gasteiger partial charge on any atom is 0.240 e. The molecule has 0 radical (unpaired) electrons. The van der Waals surface area contributed by atoms with Gasteiger partial charge in [-0.1, -0.05) is 6.07 Å². The van der Waals surface area contributed by atoms with Gasteiger partial charge in [0.15, 0.2) is 0 Å². The lowest BCUT2D eigenvalue weighted by Gasteiger charge is -2.18. The van der Waals surface area contributed by atoms with Gasteiger partial charge in [-0.15, -0.1) is 11.3 Å². The van der Waals surface area contributed by atoms with E-state index in [4.69, 9.17) is 9.47 Å². The molecule has 120 valence electrons. The van der Waals surface area contributed by atoms with Gasteiger partial charge in [0.05, 0.1) is 26.0 Å². The summed E-state index contributed by atoms with van der Waals surface area (Å²) in [5.41, 5.74) is 1.73. The summed E-state index contributed by atoms with van der Waals surface area (Å²) in [5, 5.41) is 8.12. The molecule has 1 aromatic carbocycles. The van der Waals surface area contributed by atoms with Crippen molar-refractivity contribution in [2.75, 3.05) is 14.2 Å². The Hall–Kier alpha value is -2.34. The molecular formula is C17H18N2O3S. The van der Waals surface area contributed by atoms with Crippen LogP contribution in [0.4, 0.5) is 0 Å². The average Bonchev–Trinajstić information content (AvgIpc) is 3.23. The first-order chi connectivity index (χ1) is 11.1. The molecule has 1 aliphatic heterocycles.